The van der Waals surface area contributed by atoms with Crippen LogP contribution in [0.5, 0.6) is 0 Å². The Morgan fingerprint density at radius 2 is 1.36 bits per heavy atom. The summed E-state index contributed by atoms with van der Waals surface area (Å²) in [6, 6.07) is 0. The highest BCUT2D eigenvalue weighted by Gasteiger charge is 1.94. The van der Waals surface area contributed by atoms with Crippen LogP contribution in [0.2, 0.25) is 0 Å². The second-order valence-electron chi connectivity index (χ2n) is 1.95. The number of rotatable bonds is 1. The molecule has 4 heteroatoms. The molecular formula is C7H18O4. The van der Waals surface area contributed by atoms with Gasteiger partial charge in [-0.15, -0.1) is 0 Å². The van der Waals surface area contributed by atoms with Crippen LogP contribution in [0, 0.1) is 0 Å². The van der Waals surface area contributed by atoms with Gasteiger partial charge in [0, 0.05) is 6.61 Å². The van der Waals surface area contributed by atoms with Crippen molar-refractivity contribution in [1.29, 1.82) is 0 Å². The predicted octanol–water partition coefficient (Wildman–Crippen LogP) is -0.403. The Balaban J connectivity index is 0. The molecule has 0 aromatic heterocycles. The van der Waals surface area contributed by atoms with E-state index in [4.69, 9.17) is 14.6 Å². The van der Waals surface area contributed by atoms with Crippen molar-refractivity contribution < 1.29 is 20.1 Å². The summed E-state index contributed by atoms with van der Waals surface area (Å²) >= 11 is 0. The molecule has 0 amide bonds. The van der Waals surface area contributed by atoms with Gasteiger partial charge in [0.15, 0.2) is 0 Å². The Hall–Kier alpha value is -0.160. The quantitative estimate of drug-likeness (QED) is 0.576. The fourth-order valence-electron chi connectivity index (χ4n) is 0.440. The minimum atomic E-state index is 0. The van der Waals surface area contributed by atoms with Crippen LogP contribution in [0.1, 0.15) is 13.3 Å². The third kappa shape index (κ3) is 12.9. The van der Waals surface area contributed by atoms with Gasteiger partial charge in [-0.1, -0.05) is 6.92 Å². The Bertz CT molecular complexity index is 40.9. The van der Waals surface area contributed by atoms with Crippen LogP contribution in [-0.2, 0) is 9.47 Å². The molecule has 11 heavy (non-hydrogen) atoms. The van der Waals surface area contributed by atoms with Crippen molar-refractivity contribution in [2.24, 2.45) is 0 Å². The molecule has 0 bridgehead atoms. The van der Waals surface area contributed by atoms with Crippen LogP contribution < -0.4 is 0 Å². The molecule has 1 aliphatic rings. The zero-order chi connectivity index (χ0) is 7.66. The first-order valence-corrected chi connectivity index (χ1v) is 3.68. The van der Waals surface area contributed by atoms with Crippen molar-refractivity contribution in [2.75, 3.05) is 33.0 Å². The summed E-state index contributed by atoms with van der Waals surface area (Å²) in [5.74, 6) is 0. The normalized spacial score (nSPS) is 15.8. The molecule has 0 spiro atoms. The third-order valence-electron chi connectivity index (χ3n) is 0.968. The summed E-state index contributed by atoms with van der Waals surface area (Å²) in [5.41, 5.74) is 0. The molecule has 0 saturated carbocycles. The Kier molecular flexibility index (Phi) is 15.3. The number of hydrogen-bond donors (Lipinski definition) is 1. The number of ether oxygens (including phenoxy) is 2. The van der Waals surface area contributed by atoms with Crippen molar-refractivity contribution >= 4 is 0 Å². The van der Waals surface area contributed by atoms with E-state index in [0.29, 0.717) is 6.61 Å². The molecule has 1 saturated heterocycles. The molecule has 0 aromatic carbocycles. The molecule has 70 valence electrons. The Morgan fingerprint density at radius 1 is 1.09 bits per heavy atom. The molecule has 0 unspecified atom stereocenters. The van der Waals surface area contributed by atoms with Gasteiger partial charge in [-0.3, -0.25) is 0 Å². The molecular weight excluding hydrogens is 148 g/mol. The van der Waals surface area contributed by atoms with Crippen molar-refractivity contribution in [3.63, 3.8) is 0 Å². The molecule has 4 nitrogen and oxygen atoms in total. The van der Waals surface area contributed by atoms with Gasteiger partial charge in [0.2, 0.25) is 0 Å². The van der Waals surface area contributed by atoms with Gasteiger partial charge in [-0.25, -0.2) is 0 Å². The monoisotopic (exact) mass is 166 g/mol. The fourth-order valence-corrected chi connectivity index (χ4v) is 0.440. The van der Waals surface area contributed by atoms with Crippen molar-refractivity contribution in [2.45, 2.75) is 13.3 Å². The van der Waals surface area contributed by atoms with E-state index in [9.17, 15) is 0 Å². The van der Waals surface area contributed by atoms with Gasteiger partial charge < -0.3 is 20.1 Å². The summed E-state index contributed by atoms with van der Waals surface area (Å²) in [6.07, 6.45) is 0.875. The van der Waals surface area contributed by atoms with Crippen molar-refractivity contribution in [3.8, 4) is 0 Å². The van der Waals surface area contributed by atoms with Crippen molar-refractivity contribution in [3.05, 3.63) is 0 Å². The first-order valence-electron chi connectivity index (χ1n) is 3.68. The topological polar surface area (TPSA) is 70.2 Å². The van der Waals surface area contributed by atoms with Crippen LogP contribution in [-0.4, -0.2) is 43.6 Å². The van der Waals surface area contributed by atoms with Crippen molar-refractivity contribution in [1.82, 2.24) is 0 Å². The molecule has 1 heterocycles. The van der Waals surface area contributed by atoms with E-state index < -0.39 is 0 Å². The largest absolute Gasteiger partial charge is 0.412 e. The predicted molar refractivity (Wildman–Crippen MR) is 42.6 cm³/mol. The molecule has 0 aromatic rings. The summed E-state index contributed by atoms with van der Waals surface area (Å²) < 4.78 is 9.89. The van der Waals surface area contributed by atoms with Crippen LogP contribution >= 0.6 is 0 Å². The lowest BCUT2D eigenvalue weighted by atomic mass is 10.5. The second kappa shape index (κ2) is 12.5. The lowest BCUT2D eigenvalue weighted by Crippen LogP contribution is -2.16. The Morgan fingerprint density at radius 3 is 1.45 bits per heavy atom. The standard InChI is InChI=1S/C4H8O2.C3H8O.H2O/c1-2-6-4-3-5-1;1-2-3-4;/h1-4H2;4H,2-3H2,1H3;1H2. The summed E-state index contributed by atoms with van der Waals surface area (Å²) in [5, 5.41) is 7.88. The lowest BCUT2D eigenvalue weighted by Gasteiger charge is -2.09. The molecule has 3 N–H and O–H groups in total. The summed E-state index contributed by atoms with van der Waals surface area (Å²) in [7, 11) is 0. The maximum atomic E-state index is 7.88. The zero-order valence-electron chi connectivity index (χ0n) is 7.01. The number of aliphatic hydroxyl groups is 1. The number of aliphatic hydroxyl groups excluding tert-OH is 1. The first-order chi connectivity index (χ1) is 4.91. The van der Waals surface area contributed by atoms with Gasteiger partial charge in [-0.05, 0) is 6.42 Å². The van der Waals surface area contributed by atoms with E-state index in [-0.39, 0.29) is 5.48 Å². The maximum absolute atomic E-state index is 7.88. The van der Waals surface area contributed by atoms with E-state index in [0.717, 1.165) is 32.8 Å². The Labute approximate surface area is 67.4 Å². The lowest BCUT2D eigenvalue weighted by molar-refractivity contribution is -0.0334. The summed E-state index contributed by atoms with van der Waals surface area (Å²) in [6.45, 7) is 5.36. The van der Waals surface area contributed by atoms with Gasteiger partial charge >= 0.3 is 0 Å². The first kappa shape index (κ1) is 13.4. The molecule has 0 aliphatic carbocycles. The van der Waals surface area contributed by atoms with Gasteiger partial charge in [0.25, 0.3) is 0 Å². The summed E-state index contributed by atoms with van der Waals surface area (Å²) in [4.78, 5) is 0. The highest BCUT2D eigenvalue weighted by atomic mass is 16.6. The molecule has 1 fully saturated rings. The van der Waals surface area contributed by atoms with Crippen LogP contribution in [0.4, 0.5) is 0 Å². The van der Waals surface area contributed by atoms with E-state index in [1.165, 1.54) is 0 Å². The minimum absolute atomic E-state index is 0. The zero-order valence-corrected chi connectivity index (χ0v) is 7.01. The molecule has 1 rings (SSSR count). The van der Waals surface area contributed by atoms with Crippen LogP contribution in [0.3, 0.4) is 0 Å². The molecule has 1 aliphatic heterocycles. The van der Waals surface area contributed by atoms with Crippen LogP contribution in [0.25, 0.3) is 0 Å². The minimum Gasteiger partial charge on any atom is -0.412 e. The van der Waals surface area contributed by atoms with E-state index in [1.54, 1.807) is 0 Å². The highest BCUT2D eigenvalue weighted by Crippen LogP contribution is 1.85. The molecule has 0 atom stereocenters. The SMILES string of the molecule is C1COCCO1.CCCO.O. The van der Waals surface area contributed by atoms with E-state index in [2.05, 4.69) is 0 Å². The van der Waals surface area contributed by atoms with Gasteiger partial charge in [0.1, 0.15) is 0 Å². The molecule has 0 radical (unpaired) electrons. The number of hydrogen-bond acceptors (Lipinski definition) is 3. The average molecular weight is 166 g/mol. The van der Waals surface area contributed by atoms with Crippen LogP contribution in [0.15, 0.2) is 0 Å². The second-order valence-corrected chi connectivity index (χ2v) is 1.95. The third-order valence-corrected chi connectivity index (χ3v) is 0.968. The maximum Gasteiger partial charge on any atom is 0.0701 e. The van der Waals surface area contributed by atoms with E-state index in [1.807, 2.05) is 6.92 Å². The van der Waals surface area contributed by atoms with E-state index >= 15 is 0 Å². The van der Waals surface area contributed by atoms with Gasteiger partial charge in [-0.2, -0.15) is 0 Å². The smallest absolute Gasteiger partial charge is 0.0701 e. The fraction of sp³-hybridized carbons (Fsp3) is 1.00. The highest BCUT2D eigenvalue weighted by molar-refractivity contribution is 4.37. The average Bonchev–Trinajstić information content (AvgIpc) is 2.08. The van der Waals surface area contributed by atoms with Gasteiger partial charge in [0.05, 0.1) is 26.4 Å².